The van der Waals surface area contributed by atoms with Crippen LogP contribution in [0.1, 0.15) is 290 Å². The Bertz CT molecular complexity index is 1560. The van der Waals surface area contributed by atoms with E-state index in [1.54, 1.807) is 0 Å². The zero-order valence-electron chi connectivity index (χ0n) is 50.1. The lowest BCUT2D eigenvalue weighted by Crippen LogP contribution is -2.30. The summed E-state index contributed by atoms with van der Waals surface area (Å²) in [7, 11) is -9.74. The van der Waals surface area contributed by atoms with Crippen molar-refractivity contribution in [2.45, 2.75) is 309 Å². The Morgan fingerprint density at radius 2 is 0.658 bits per heavy atom. The first-order valence-corrected chi connectivity index (χ1v) is 34.6. The van der Waals surface area contributed by atoms with Gasteiger partial charge in [0.05, 0.1) is 26.4 Å². The van der Waals surface area contributed by atoms with Gasteiger partial charge in [-0.25, -0.2) is 9.13 Å². The second-order valence-electron chi connectivity index (χ2n) is 21.6. The Morgan fingerprint density at radius 3 is 1.04 bits per heavy atom. The first kappa shape index (κ1) is 77.0. The number of unbranched alkanes of at least 4 members (excludes halogenated alkanes) is 34. The highest BCUT2D eigenvalue weighted by Crippen LogP contribution is 2.45. The van der Waals surface area contributed by atoms with Crippen LogP contribution in [-0.2, 0) is 55.8 Å². The molecule has 18 heteroatoms. The van der Waals surface area contributed by atoms with E-state index < -0.39 is 91.5 Å². The predicted octanol–water partition coefficient (Wildman–Crippen LogP) is 16.5. The lowest BCUT2D eigenvalue weighted by molar-refractivity contribution is -0.161. The molecule has 0 spiro atoms. The molecule has 0 amide bonds. The Labute approximate surface area is 480 Å². The van der Waals surface area contributed by atoms with Crippen molar-refractivity contribution in [2.75, 3.05) is 39.6 Å². The molecule has 0 aromatic carbocycles. The van der Waals surface area contributed by atoms with Gasteiger partial charge in [-0.15, -0.1) is 0 Å². The smallest absolute Gasteiger partial charge is 0.463 e. The lowest BCUT2D eigenvalue weighted by Gasteiger charge is -2.21. The van der Waals surface area contributed by atoms with Crippen LogP contribution in [0.15, 0.2) is 24.3 Å². The molecule has 0 saturated heterocycles. The molecule has 0 aliphatic rings. The van der Waals surface area contributed by atoms with E-state index in [0.717, 1.165) is 89.9 Å². The van der Waals surface area contributed by atoms with Crippen LogP contribution in [0, 0.1) is 0 Å². The van der Waals surface area contributed by atoms with Gasteiger partial charge in [-0.1, -0.05) is 251 Å². The minimum absolute atomic E-state index is 0.0947. The third-order valence-electron chi connectivity index (χ3n) is 13.7. The fourth-order valence-electron chi connectivity index (χ4n) is 8.79. The minimum Gasteiger partial charge on any atom is -0.463 e. The number of hydrogen-bond donors (Lipinski definition) is 4. The lowest BCUT2D eigenvalue weighted by atomic mass is 10.0. The standard InChI is InChI=1S/C61H116O16P2/c1-4-7-10-13-16-19-22-25-27-30-32-35-38-41-44-47-59(64)71-50-56(62)51-73-78(67,68)74-52-57(63)53-75-79(69,70)76-55-58(77-61(66)49-46-43-40-37-34-29-24-21-18-15-12-9-6-3)54-72-60(65)48-45-42-39-36-33-31-28-26-23-20-17-14-11-8-5-2/h12,15,21,24,56-58,62-63H,4-11,13-14,16-20,22-23,25-55H2,1-3H3,(H,67,68)(H,69,70)/b15-12-,24-21-. The molecule has 0 heterocycles. The molecule has 466 valence electrons. The van der Waals surface area contributed by atoms with Gasteiger partial charge >= 0.3 is 33.6 Å². The minimum atomic E-state index is -4.91. The van der Waals surface area contributed by atoms with Gasteiger partial charge in [0.1, 0.15) is 25.4 Å². The van der Waals surface area contributed by atoms with E-state index in [9.17, 15) is 43.5 Å². The first-order chi connectivity index (χ1) is 38.2. The summed E-state index contributed by atoms with van der Waals surface area (Å²) in [6, 6.07) is 0. The quantitative estimate of drug-likeness (QED) is 0.0146. The second kappa shape index (κ2) is 56.5. The summed E-state index contributed by atoms with van der Waals surface area (Å²) in [5.74, 6) is -1.57. The topological polar surface area (TPSA) is 231 Å². The first-order valence-electron chi connectivity index (χ1n) is 31.6. The molecule has 0 bridgehead atoms. The number of esters is 3. The van der Waals surface area contributed by atoms with Crippen LogP contribution in [0.2, 0.25) is 0 Å². The predicted molar refractivity (Wildman–Crippen MR) is 316 cm³/mol. The van der Waals surface area contributed by atoms with Crippen molar-refractivity contribution in [2.24, 2.45) is 0 Å². The normalized spacial score (nSPS) is 14.6. The average Bonchev–Trinajstić information content (AvgIpc) is 3.42. The summed E-state index contributed by atoms with van der Waals surface area (Å²) in [6.45, 7) is 2.63. The summed E-state index contributed by atoms with van der Waals surface area (Å²) < 4.78 is 60.7. The van der Waals surface area contributed by atoms with Crippen LogP contribution in [0.5, 0.6) is 0 Å². The van der Waals surface area contributed by atoms with E-state index in [1.807, 2.05) is 0 Å². The third-order valence-corrected chi connectivity index (χ3v) is 15.6. The fraction of sp³-hybridized carbons (Fsp3) is 0.885. The van der Waals surface area contributed by atoms with Gasteiger partial charge < -0.3 is 34.2 Å². The van der Waals surface area contributed by atoms with Gasteiger partial charge in [0.15, 0.2) is 6.10 Å². The van der Waals surface area contributed by atoms with Crippen molar-refractivity contribution >= 4 is 33.6 Å². The number of hydrogen-bond acceptors (Lipinski definition) is 14. The molecular formula is C61H116O16P2. The number of carbonyl (C=O) groups excluding carboxylic acids is 3. The summed E-state index contributed by atoms with van der Waals surface area (Å²) in [4.78, 5) is 58.1. The molecule has 0 rings (SSSR count). The number of rotatable bonds is 61. The van der Waals surface area contributed by atoms with E-state index in [2.05, 4.69) is 45.1 Å². The van der Waals surface area contributed by atoms with Crippen LogP contribution >= 0.6 is 15.6 Å². The molecule has 0 aliphatic heterocycles. The van der Waals surface area contributed by atoms with Gasteiger partial charge in [-0.05, 0) is 44.9 Å². The molecule has 0 radical (unpaired) electrons. The highest BCUT2D eigenvalue weighted by molar-refractivity contribution is 7.47. The van der Waals surface area contributed by atoms with E-state index >= 15 is 0 Å². The Balaban J connectivity index is 4.65. The molecular weight excluding hydrogens is 1050 g/mol. The largest absolute Gasteiger partial charge is 0.472 e. The Kier molecular flexibility index (Phi) is 55.1. The molecule has 79 heavy (non-hydrogen) atoms. The number of ether oxygens (including phenoxy) is 3. The maximum absolute atomic E-state index is 12.9. The summed E-state index contributed by atoms with van der Waals surface area (Å²) >= 11 is 0. The van der Waals surface area contributed by atoms with Gasteiger partial charge in [-0.2, -0.15) is 0 Å². The van der Waals surface area contributed by atoms with Crippen LogP contribution in [-0.4, -0.2) is 95.9 Å². The molecule has 16 nitrogen and oxygen atoms in total. The van der Waals surface area contributed by atoms with Crippen molar-refractivity contribution in [1.29, 1.82) is 0 Å². The SMILES string of the molecule is CCC/C=C\C/C=C\CCCCCCCC(=O)OC(COC(=O)CCCCCCCCCCCCCCCCC)COP(=O)(O)OCC(O)COP(=O)(O)OCC(O)COC(=O)CCCCCCCCCCCCCCCCC. The van der Waals surface area contributed by atoms with Crippen molar-refractivity contribution in [3.63, 3.8) is 0 Å². The average molecular weight is 1170 g/mol. The van der Waals surface area contributed by atoms with Gasteiger partial charge in [0.2, 0.25) is 0 Å². The number of phosphoric acid groups is 2. The number of aliphatic hydroxyl groups is 2. The second-order valence-corrected chi connectivity index (χ2v) is 24.5. The molecule has 0 fully saturated rings. The molecule has 0 saturated carbocycles. The van der Waals surface area contributed by atoms with Crippen LogP contribution in [0.25, 0.3) is 0 Å². The fourth-order valence-corrected chi connectivity index (χ4v) is 10.4. The van der Waals surface area contributed by atoms with Crippen molar-refractivity contribution in [3.8, 4) is 0 Å². The third kappa shape index (κ3) is 57.6. The van der Waals surface area contributed by atoms with E-state index in [1.165, 1.54) is 141 Å². The molecule has 0 aromatic heterocycles. The molecule has 0 aliphatic carbocycles. The Morgan fingerprint density at radius 1 is 0.354 bits per heavy atom. The van der Waals surface area contributed by atoms with E-state index in [4.69, 9.17) is 32.3 Å². The van der Waals surface area contributed by atoms with Crippen LogP contribution in [0.3, 0.4) is 0 Å². The van der Waals surface area contributed by atoms with Crippen molar-refractivity contribution in [3.05, 3.63) is 24.3 Å². The number of phosphoric ester groups is 2. The number of allylic oxidation sites excluding steroid dienone is 4. The molecule has 4 N–H and O–H groups in total. The summed E-state index contributed by atoms with van der Waals surface area (Å²) in [5.41, 5.74) is 0. The monoisotopic (exact) mass is 1170 g/mol. The molecule has 0 aromatic rings. The zero-order valence-corrected chi connectivity index (χ0v) is 51.9. The van der Waals surface area contributed by atoms with E-state index in [-0.39, 0.29) is 19.3 Å². The van der Waals surface area contributed by atoms with Crippen molar-refractivity contribution in [1.82, 2.24) is 0 Å². The van der Waals surface area contributed by atoms with E-state index in [0.29, 0.717) is 19.3 Å². The number of aliphatic hydroxyl groups excluding tert-OH is 2. The van der Waals surface area contributed by atoms with Crippen LogP contribution < -0.4 is 0 Å². The summed E-state index contributed by atoms with van der Waals surface area (Å²) in [5, 5.41) is 20.5. The van der Waals surface area contributed by atoms with Crippen molar-refractivity contribution < 1.29 is 75.8 Å². The number of carbonyl (C=O) groups is 3. The molecule has 5 unspecified atom stereocenters. The van der Waals surface area contributed by atoms with Gasteiger partial charge in [0, 0.05) is 19.3 Å². The molecule has 5 atom stereocenters. The highest BCUT2D eigenvalue weighted by Gasteiger charge is 2.29. The Hall–Kier alpha value is -1.97. The summed E-state index contributed by atoms with van der Waals surface area (Å²) in [6.07, 6.45) is 49.5. The van der Waals surface area contributed by atoms with Crippen LogP contribution in [0.4, 0.5) is 0 Å². The highest BCUT2D eigenvalue weighted by atomic mass is 31.2. The maximum atomic E-state index is 12.9. The van der Waals surface area contributed by atoms with Gasteiger partial charge in [-0.3, -0.25) is 32.5 Å². The maximum Gasteiger partial charge on any atom is 0.472 e. The van der Waals surface area contributed by atoms with Gasteiger partial charge in [0.25, 0.3) is 0 Å². The zero-order chi connectivity index (χ0) is 58.2.